The molecule has 1 N–H and O–H groups in total. The third-order valence-corrected chi connectivity index (χ3v) is 1.94. The largest absolute Gasteiger partial charge is 0.380 e. The zero-order valence-corrected chi connectivity index (χ0v) is 10.00. The minimum absolute atomic E-state index is 0.538. The van der Waals surface area contributed by atoms with Crippen molar-refractivity contribution in [3.05, 3.63) is 24.8 Å². The molecule has 86 valence electrons. The molecule has 0 spiro atoms. The molecule has 16 heavy (non-hydrogen) atoms. The highest BCUT2D eigenvalue weighted by atomic mass is 16.3. The molecule has 0 fully saturated rings. The molecule has 0 amide bonds. The van der Waals surface area contributed by atoms with Crippen molar-refractivity contribution >= 4 is 0 Å². The van der Waals surface area contributed by atoms with E-state index in [1.54, 1.807) is 0 Å². The maximum absolute atomic E-state index is 9.12. The van der Waals surface area contributed by atoms with Crippen LogP contribution in [0.2, 0.25) is 0 Å². The van der Waals surface area contributed by atoms with Crippen LogP contribution in [0.4, 0.5) is 0 Å². The molecule has 0 saturated heterocycles. The Kier molecular flexibility index (Phi) is 10.6. The summed E-state index contributed by atoms with van der Waals surface area (Å²) in [7, 11) is 0. The standard InChI is InChI=1S/C15H20O/c1-3-5-6-7-8-9-10-11-12-13-14-15(16)4-2/h3,8-9,15-16H,1,4-7,10H2,2H3/t15-/m0/s1. The average molecular weight is 216 g/mol. The van der Waals surface area contributed by atoms with Crippen LogP contribution in [0.25, 0.3) is 0 Å². The fourth-order valence-electron chi connectivity index (χ4n) is 0.957. The quantitative estimate of drug-likeness (QED) is 0.411. The van der Waals surface area contributed by atoms with Crippen LogP contribution in [-0.4, -0.2) is 11.2 Å². The van der Waals surface area contributed by atoms with Gasteiger partial charge in [-0.05, 0) is 37.5 Å². The lowest BCUT2D eigenvalue weighted by atomic mass is 10.2. The Labute approximate surface area is 99.3 Å². The molecule has 0 radical (unpaired) electrons. The summed E-state index contributed by atoms with van der Waals surface area (Å²) < 4.78 is 0. The Balaban J connectivity index is 3.59. The van der Waals surface area contributed by atoms with Crippen molar-refractivity contribution in [1.29, 1.82) is 0 Å². The Morgan fingerprint density at radius 2 is 2.06 bits per heavy atom. The van der Waals surface area contributed by atoms with Gasteiger partial charge in [0, 0.05) is 6.42 Å². The minimum Gasteiger partial charge on any atom is -0.380 e. The molecule has 1 atom stereocenters. The first kappa shape index (κ1) is 14.6. The molecule has 0 aromatic heterocycles. The molecule has 0 unspecified atom stereocenters. The van der Waals surface area contributed by atoms with Crippen molar-refractivity contribution in [2.24, 2.45) is 0 Å². The van der Waals surface area contributed by atoms with Gasteiger partial charge in [0.15, 0.2) is 0 Å². The number of allylic oxidation sites excluding steroid dienone is 3. The zero-order chi connectivity index (χ0) is 12.1. The van der Waals surface area contributed by atoms with Gasteiger partial charge in [0.05, 0.1) is 0 Å². The van der Waals surface area contributed by atoms with Crippen LogP contribution in [0.3, 0.4) is 0 Å². The van der Waals surface area contributed by atoms with Gasteiger partial charge in [-0.25, -0.2) is 0 Å². The summed E-state index contributed by atoms with van der Waals surface area (Å²) in [6, 6.07) is 0. The van der Waals surface area contributed by atoms with E-state index in [4.69, 9.17) is 5.11 Å². The minimum atomic E-state index is -0.538. The maximum atomic E-state index is 9.12. The van der Waals surface area contributed by atoms with Crippen LogP contribution in [0.1, 0.15) is 39.0 Å². The van der Waals surface area contributed by atoms with Gasteiger partial charge in [-0.3, -0.25) is 0 Å². The summed E-state index contributed by atoms with van der Waals surface area (Å²) in [6.45, 7) is 5.56. The third-order valence-electron chi connectivity index (χ3n) is 1.94. The summed E-state index contributed by atoms with van der Waals surface area (Å²) in [4.78, 5) is 0. The summed E-state index contributed by atoms with van der Waals surface area (Å²) in [5, 5.41) is 9.12. The molecule has 1 nitrogen and oxygen atoms in total. The van der Waals surface area contributed by atoms with E-state index in [1.807, 2.05) is 19.1 Å². The van der Waals surface area contributed by atoms with Gasteiger partial charge in [-0.1, -0.05) is 37.0 Å². The fourth-order valence-corrected chi connectivity index (χ4v) is 0.957. The van der Waals surface area contributed by atoms with Gasteiger partial charge >= 0.3 is 0 Å². The molecule has 0 aliphatic heterocycles. The Hall–Kier alpha value is -1.44. The van der Waals surface area contributed by atoms with Crippen LogP contribution < -0.4 is 0 Å². The predicted molar refractivity (Wildman–Crippen MR) is 69.7 cm³/mol. The maximum Gasteiger partial charge on any atom is 0.115 e. The topological polar surface area (TPSA) is 20.2 Å². The van der Waals surface area contributed by atoms with Crippen molar-refractivity contribution in [3.8, 4) is 23.7 Å². The Morgan fingerprint density at radius 3 is 2.75 bits per heavy atom. The van der Waals surface area contributed by atoms with Crippen LogP contribution >= 0.6 is 0 Å². The lowest BCUT2D eigenvalue weighted by Crippen LogP contribution is -1.98. The van der Waals surface area contributed by atoms with Crippen molar-refractivity contribution in [1.82, 2.24) is 0 Å². The van der Waals surface area contributed by atoms with E-state index in [0.29, 0.717) is 6.42 Å². The number of unbranched alkanes of at least 4 members (excludes halogenated alkanes) is 2. The lowest BCUT2D eigenvalue weighted by molar-refractivity contribution is 0.228. The number of hydrogen-bond donors (Lipinski definition) is 1. The molecule has 0 heterocycles. The molecule has 1 heteroatoms. The Bertz CT molecular complexity index is 317. The van der Waals surface area contributed by atoms with E-state index in [0.717, 1.165) is 25.7 Å². The summed E-state index contributed by atoms with van der Waals surface area (Å²) in [5.41, 5.74) is 0. The highest BCUT2D eigenvalue weighted by molar-refractivity contribution is 5.27. The van der Waals surface area contributed by atoms with Gasteiger partial charge in [0.2, 0.25) is 0 Å². The molecule has 0 aliphatic carbocycles. The number of hydrogen-bond acceptors (Lipinski definition) is 1. The Morgan fingerprint density at radius 1 is 1.25 bits per heavy atom. The van der Waals surface area contributed by atoms with E-state index in [1.165, 1.54) is 0 Å². The molecular formula is C15H20O. The highest BCUT2D eigenvalue weighted by Crippen LogP contribution is 1.97. The third kappa shape index (κ3) is 10.6. The van der Waals surface area contributed by atoms with Gasteiger partial charge in [0.25, 0.3) is 0 Å². The van der Waals surface area contributed by atoms with Gasteiger partial charge < -0.3 is 5.11 Å². The van der Waals surface area contributed by atoms with E-state index in [2.05, 4.69) is 36.3 Å². The van der Waals surface area contributed by atoms with Gasteiger partial charge in [-0.2, -0.15) is 0 Å². The summed E-state index contributed by atoms with van der Waals surface area (Å²) in [5.74, 6) is 10.9. The van der Waals surface area contributed by atoms with Crippen LogP contribution in [0, 0.1) is 23.7 Å². The zero-order valence-electron chi connectivity index (χ0n) is 10.00. The van der Waals surface area contributed by atoms with E-state index >= 15 is 0 Å². The first-order chi connectivity index (χ1) is 7.81. The molecule has 0 saturated carbocycles. The molecule has 0 rings (SSSR count). The van der Waals surface area contributed by atoms with Crippen molar-refractivity contribution in [3.63, 3.8) is 0 Å². The monoisotopic (exact) mass is 216 g/mol. The average Bonchev–Trinajstić information content (AvgIpc) is 2.31. The van der Waals surface area contributed by atoms with Gasteiger partial charge in [-0.15, -0.1) is 6.58 Å². The van der Waals surface area contributed by atoms with E-state index in [9.17, 15) is 0 Å². The second-order valence-electron chi connectivity index (χ2n) is 3.39. The molecule has 0 aliphatic rings. The molecular weight excluding hydrogens is 196 g/mol. The number of aliphatic hydroxyl groups is 1. The van der Waals surface area contributed by atoms with Crippen LogP contribution in [-0.2, 0) is 0 Å². The van der Waals surface area contributed by atoms with Gasteiger partial charge in [0.1, 0.15) is 6.10 Å². The van der Waals surface area contributed by atoms with E-state index < -0.39 is 6.10 Å². The van der Waals surface area contributed by atoms with Crippen LogP contribution in [0.5, 0.6) is 0 Å². The summed E-state index contributed by atoms with van der Waals surface area (Å²) in [6.07, 6.45) is 10.2. The molecule has 0 aromatic rings. The van der Waals surface area contributed by atoms with E-state index in [-0.39, 0.29) is 0 Å². The second-order valence-corrected chi connectivity index (χ2v) is 3.39. The lowest BCUT2D eigenvalue weighted by Gasteiger charge is -1.91. The van der Waals surface area contributed by atoms with Crippen LogP contribution in [0.15, 0.2) is 24.8 Å². The normalized spacial score (nSPS) is 11.1. The number of aliphatic hydroxyl groups excluding tert-OH is 1. The van der Waals surface area contributed by atoms with Crippen molar-refractivity contribution < 1.29 is 5.11 Å². The molecule has 0 bridgehead atoms. The smallest absolute Gasteiger partial charge is 0.115 e. The predicted octanol–water partition coefficient (Wildman–Crippen LogP) is 3.07. The van der Waals surface area contributed by atoms with Crippen molar-refractivity contribution in [2.45, 2.75) is 45.1 Å². The second kappa shape index (κ2) is 11.6. The molecule has 0 aromatic carbocycles. The van der Waals surface area contributed by atoms with Crippen molar-refractivity contribution in [2.75, 3.05) is 0 Å². The fraction of sp³-hybridized carbons (Fsp3) is 0.467. The number of rotatable bonds is 6. The SMILES string of the molecule is C=CCCCC=CCC#CC#C[C@@H](O)CC. The first-order valence-corrected chi connectivity index (χ1v) is 5.73. The highest BCUT2D eigenvalue weighted by Gasteiger charge is 1.88. The first-order valence-electron chi connectivity index (χ1n) is 5.73. The summed E-state index contributed by atoms with van der Waals surface area (Å²) >= 11 is 0.